The third kappa shape index (κ3) is 3.59. The minimum absolute atomic E-state index is 0.0241. The van der Waals surface area contributed by atoms with Crippen molar-refractivity contribution in [3.8, 4) is 5.75 Å². The maximum Gasteiger partial charge on any atom is 0.387 e. The molecule has 1 aliphatic carbocycles. The van der Waals surface area contributed by atoms with Crippen LogP contribution in [-0.2, 0) is 4.79 Å². The molecule has 2 bridgehead atoms. The average Bonchev–Trinajstić information content (AvgIpc) is 3.41. The molecule has 2 aliphatic heterocycles. The molecule has 2 atom stereocenters. The van der Waals surface area contributed by atoms with Gasteiger partial charge in [-0.15, -0.1) is 0 Å². The normalized spacial score (nSPS) is 21.1. The number of hydrogen-bond donors (Lipinski definition) is 1. The molecule has 2 unspecified atom stereocenters. The Morgan fingerprint density at radius 3 is 2.76 bits per heavy atom. The highest BCUT2D eigenvalue weighted by Crippen LogP contribution is 2.52. The van der Waals surface area contributed by atoms with Crippen molar-refractivity contribution in [3.05, 3.63) is 64.7 Å². The van der Waals surface area contributed by atoms with Crippen LogP contribution in [0.5, 0.6) is 5.75 Å². The van der Waals surface area contributed by atoms with Crippen LogP contribution in [0.3, 0.4) is 0 Å². The minimum atomic E-state index is -3.03. The molecule has 3 aromatic rings. The standard InChI is InChI=1S/C27H27F2N5O4/c1-27(2,13-35)34-8-7-14(9-20(34)36)15-11-30-26-31-22-18-10-17(23(22)33(26)12-15)21-16(24(37)32(18)3)5-4-6-19(21)38-25(28)29/h4-6,9,11-12,17-18,25,35H,7-8,10,13H2,1-3H3. The first-order chi connectivity index (χ1) is 18.1. The van der Waals surface area contributed by atoms with Crippen molar-refractivity contribution in [3.63, 3.8) is 0 Å². The predicted molar refractivity (Wildman–Crippen MR) is 133 cm³/mol. The van der Waals surface area contributed by atoms with Gasteiger partial charge >= 0.3 is 6.61 Å². The fourth-order valence-corrected chi connectivity index (χ4v) is 5.94. The molecule has 0 radical (unpaired) electrons. The lowest BCUT2D eigenvalue weighted by molar-refractivity contribution is -0.133. The Morgan fingerprint density at radius 2 is 2.05 bits per heavy atom. The smallest absolute Gasteiger partial charge is 0.387 e. The van der Waals surface area contributed by atoms with Crippen LogP contribution in [-0.4, -0.2) is 73.4 Å². The van der Waals surface area contributed by atoms with Crippen LogP contribution in [0.1, 0.15) is 71.5 Å². The Balaban J connectivity index is 1.47. The molecule has 3 aliphatic rings. The molecular formula is C27H27F2N5O4. The third-order valence-corrected chi connectivity index (χ3v) is 7.96. The van der Waals surface area contributed by atoms with E-state index >= 15 is 0 Å². The van der Waals surface area contributed by atoms with Crippen LogP contribution in [0, 0.1) is 0 Å². The van der Waals surface area contributed by atoms with Crippen LogP contribution in [0.2, 0.25) is 0 Å². The molecule has 9 nitrogen and oxygen atoms in total. The molecule has 2 amide bonds. The van der Waals surface area contributed by atoms with E-state index in [-0.39, 0.29) is 30.2 Å². The van der Waals surface area contributed by atoms with Crippen molar-refractivity contribution in [1.82, 2.24) is 24.2 Å². The number of halogens is 2. The molecule has 0 saturated heterocycles. The monoisotopic (exact) mass is 523 g/mol. The molecule has 4 heterocycles. The number of alkyl halides is 2. The largest absolute Gasteiger partial charge is 0.434 e. The van der Waals surface area contributed by atoms with E-state index in [0.29, 0.717) is 42.0 Å². The van der Waals surface area contributed by atoms with E-state index in [9.17, 15) is 23.5 Å². The summed E-state index contributed by atoms with van der Waals surface area (Å²) in [5, 5.41) is 9.69. The van der Waals surface area contributed by atoms with Gasteiger partial charge in [0, 0.05) is 54.7 Å². The lowest BCUT2D eigenvalue weighted by Crippen LogP contribution is -2.51. The number of imidazole rings is 1. The van der Waals surface area contributed by atoms with Crippen molar-refractivity contribution < 1.29 is 28.2 Å². The number of carbonyl (C=O) groups is 2. The Labute approximate surface area is 217 Å². The van der Waals surface area contributed by atoms with E-state index in [4.69, 9.17) is 9.72 Å². The van der Waals surface area contributed by atoms with Gasteiger partial charge in [0.15, 0.2) is 0 Å². The molecular weight excluding hydrogens is 496 g/mol. The molecule has 11 heteroatoms. The van der Waals surface area contributed by atoms with E-state index in [1.807, 2.05) is 24.4 Å². The second kappa shape index (κ2) is 8.59. The summed E-state index contributed by atoms with van der Waals surface area (Å²) in [6.45, 7) is 0.916. The Bertz CT molecular complexity index is 1510. The number of benzene rings is 1. The lowest BCUT2D eigenvalue weighted by atomic mass is 9.91. The number of aliphatic hydroxyl groups excluding tert-OH is 1. The van der Waals surface area contributed by atoms with E-state index < -0.39 is 18.1 Å². The van der Waals surface area contributed by atoms with E-state index in [2.05, 4.69) is 4.98 Å². The first-order valence-electron chi connectivity index (χ1n) is 12.5. The quantitative estimate of drug-likeness (QED) is 0.551. The number of ether oxygens (including phenoxy) is 1. The highest BCUT2D eigenvalue weighted by molar-refractivity contribution is 5.98. The molecule has 2 aromatic heterocycles. The van der Waals surface area contributed by atoms with Gasteiger partial charge in [-0.3, -0.25) is 14.0 Å². The molecule has 6 rings (SSSR count). The van der Waals surface area contributed by atoms with Gasteiger partial charge in [-0.05, 0) is 44.4 Å². The summed E-state index contributed by atoms with van der Waals surface area (Å²) >= 11 is 0. The fraction of sp³-hybridized carbons (Fsp3) is 0.407. The Morgan fingerprint density at radius 1 is 1.26 bits per heavy atom. The summed E-state index contributed by atoms with van der Waals surface area (Å²) in [6.07, 6.45) is 6.17. The van der Waals surface area contributed by atoms with Crippen LogP contribution in [0.25, 0.3) is 11.4 Å². The van der Waals surface area contributed by atoms with Crippen molar-refractivity contribution in [1.29, 1.82) is 0 Å². The second-order valence-corrected chi connectivity index (χ2v) is 10.6. The number of nitrogens with zero attached hydrogens (tertiary/aromatic N) is 5. The first-order valence-corrected chi connectivity index (χ1v) is 12.5. The summed E-state index contributed by atoms with van der Waals surface area (Å²) in [5.41, 5.74) is 3.09. The van der Waals surface area contributed by atoms with Gasteiger partial charge in [0.05, 0.1) is 29.6 Å². The van der Waals surface area contributed by atoms with Crippen LogP contribution < -0.4 is 4.74 Å². The van der Waals surface area contributed by atoms with Crippen LogP contribution >= 0.6 is 0 Å². The lowest BCUT2D eigenvalue weighted by Gasteiger charge is -2.39. The van der Waals surface area contributed by atoms with Gasteiger partial charge in [-0.25, -0.2) is 9.97 Å². The number of rotatable bonds is 5. The number of hydrogen-bond acceptors (Lipinski definition) is 6. The average molecular weight is 524 g/mol. The topological polar surface area (TPSA) is 100 Å². The fourth-order valence-electron chi connectivity index (χ4n) is 5.94. The summed E-state index contributed by atoms with van der Waals surface area (Å²) < 4.78 is 33.3. The number of aromatic nitrogens is 3. The number of aliphatic hydroxyl groups is 1. The Kier molecular flexibility index (Phi) is 5.53. The highest BCUT2D eigenvalue weighted by atomic mass is 19.3. The number of carbonyl (C=O) groups excluding carboxylic acids is 2. The summed E-state index contributed by atoms with van der Waals surface area (Å²) in [7, 11) is 1.69. The zero-order valence-electron chi connectivity index (χ0n) is 21.2. The second-order valence-electron chi connectivity index (χ2n) is 10.6. The summed E-state index contributed by atoms with van der Waals surface area (Å²) in [6, 6.07) is 4.30. The molecule has 0 saturated carbocycles. The molecule has 198 valence electrons. The maximum atomic E-state index is 13.3. The number of amides is 2. The van der Waals surface area contributed by atoms with Gasteiger partial charge in [-0.1, -0.05) is 6.07 Å². The SMILES string of the molecule is CN1C(=O)c2cccc(OC(F)F)c2C2CC1c1nc3ncc(C4=CC(=O)N(C(C)(C)CO)CC4)cn3c12. The predicted octanol–water partition coefficient (Wildman–Crippen LogP) is 3.38. The minimum Gasteiger partial charge on any atom is -0.434 e. The van der Waals surface area contributed by atoms with Crippen LogP contribution in [0.4, 0.5) is 8.78 Å². The molecule has 1 N–H and O–H groups in total. The van der Waals surface area contributed by atoms with E-state index in [0.717, 1.165) is 16.8 Å². The van der Waals surface area contributed by atoms with Crippen molar-refractivity contribution in [2.24, 2.45) is 0 Å². The summed E-state index contributed by atoms with van der Waals surface area (Å²) in [5.74, 6) is -0.468. The Hall–Kier alpha value is -3.86. The zero-order chi connectivity index (χ0) is 26.9. The highest BCUT2D eigenvalue weighted by Gasteiger charge is 2.46. The first kappa shape index (κ1) is 24.5. The molecule has 1 aromatic carbocycles. The molecule has 0 spiro atoms. The van der Waals surface area contributed by atoms with Gasteiger partial charge in [0.25, 0.3) is 5.91 Å². The maximum absolute atomic E-state index is 13.3. The van der Waals surface area contributed by atoms with E-state index in [1.165, 1.54) is 6.07 Å². The van der Waals surface area contributed by atoms with Crippen molar-refractivity contribution >= 4 is 23.2 Å². The van der Waals surface area contributed by atoms with Gasteiger partial charge in [-0.2, -0.15) is 8.78 Å². The van der Waals surface area contributed by atoms with Gasteiger partial charge in [0.1, 0.15) is 5.75 Å². The molecule has 0 fully saturated rings. The van der Waals surface area contributed by atoms with Gasteiger partial charge < -0.3 is 19.6 Å². The molecule has 38 heavy (non-hydrogen) atoms. The van der Waals surface area contributed by atoms with Gasteiger partial charge in [0.2, 0.25) is 11.7 Å². The van der Waals surface area contributed by atoms with E-state index in [1.54, 1.807) is 41.3 Å². The van der Waals surface area contributed by atoms with Crippen molar-refractivity contribution in [2.75, 3.05) is 20.2 Å². The summed E-state index contributed by atoms with van der Waals surface area (Å²) in [4.78, 5) is 38.7. The third-order valence-electron chi connectivity index (χ3n) is 7.96. The number of fused-ring (bicyclic) bond motifs is 9. The zero-order valence-corrected chi connectivity index (χ0v) is 21.2. The van der Waals surface area contributed by atoms with Crippen LogP contribution in [0.15, 0.2) is 36.7 Å². The van der Waals surface area contributed by atoms with Crippen molar-refractivity contribution in [2.45, 2.75) is 50.8 Å².